The fraction of sp³-hybridized carbons (Fsp3) is 0.867. The van der Waals surface area contributed by atoms with Crippen molar-refractivity contribution in [1.29, 1.82) is 0 Å². The van der Waals surface area contributed by atoms with Crippen LogP contribution in [0.2, 0.25) is 0 Å². The normalized spacial score (nSPS) is 55.4. The Bertz CT molecular complexity index is 965. The van der Waals surface area contributed by atoms with Gasteiger partial charge in [-0.1, -0.05) is 33.8 Å². The monoisotopic (exact) mass is 468 g/mol. The van der Waals surface area contributed by atoms with Gasteiger partial charge in [-0.15, -0.1) is 0 Å². The summed E-state index contributed by atoms with van der Waals surface area (Å²) in [4.78, 5) is 25.9. The van der Waals surface area contributed by atoms with E-state index in [4.69, 9.17) is 4.74 Å². The van der Waals surface area contributed by atoms with Crippen LogP contribution in [0.15, 0.2) is 11.6 Å². The molecule has 188 valence electrons. The predicted molar refractivity (Wildman–Crippen MR) is 131 cm³/mol. The Morgan fingerprint density at radius 2 is 1.65 bits per heavy atom. The van der Waals surface area contributed by atoms with Crippen LogP contribution in [0.1, 0.15) is 98.8 Å². The number of hydrogen-bond acceptors (Lipinski definition) is 4. The van der Waals surface area contributed by atoms with E-state index in [1.165, 1.54) is 12.8 Å². The summed E-state index contributed by atoms with van der Waals surface area (Å²) >= 11 is 0. The maximum absolute atomic E-state index is 13.0. The Labute approximate surface area is 205 Å². The highest BCUT2D eigenvalue weighted by Gasteiger charge is 2.83. The van der Waals surface area contributed by atoms with Crippen molar-refractivity contribution in [3.05, 3.63) is 11.6 Å². The average molecular weight is 469 g/mol. The third kappa shape index (κ3) is 2.55. The molecule has 0 aromatic carbocycles. The van der Waals surface area contributed by atoms with Crippen LogP contribution in [0, 0.1) is 50.7 Å². The number of Topliss-reactive ketones (excluding diaryl/α,β-unsaturated/α-hetero) is 1. The molecule has 0 amide bonds. The van der Waals surface area contributed by atoms with Gasteiger partial charge in [0.1, 0.15) is 5.78 Å². The van der Waals surface area contributed by atoms with Crippen molar-refractivity contribution >= 4 is 11.8 Å². The quantitative estimate of drug-likeness (QED) is 0.452. The molecule has 4 heteroatoms. The first-order valence-electron chi connectivity index (χ1n) is 14.0. The summed E-state index contributed by atoms with van der Waals surface area (Å²) in [5, 5.41) is 11.1. The summed E-state index contributed by atoms with van der Waals surface area (Å²) in [6.45, 7) is 11.5. The number of carbonyl (C=O) groups excluding carboxylic acids is 2. The first kappa shape index (κ1) is 23.3. The summed E-state index contributed by atoms with van der Waals surface area (Å²) in [5.41, 5.74) is 1.14. The predicted octanol–water partition coefficient (Wildman–Crippen LogP) is 5.86. The molecule has 0 aromatic rings. The van der Waals surface area contributed by atoms with Gasteiger partial charge < -0.3 is 9.84 Å². The minimum absolute atomic E-state index is 0.00968. The van der Waals surface area contributed by atoms with Gasteiger partial charge in [0.25, 0.3) is 0 Å². The van der Waals surface area contributed by atoms with Crippen molar-refractivity contribution in [1.82, 2.24) is 0 Å². The molecule has 5 saturated carbocycles. The van der Waals surface area contributed by atoms with E-state index in [9.17, 15) is 14.7 Å². The maximum Gasteiger partial charge on any atom is 0.333 e. The van der Waals surface area contributed by atoms with Crippen LogP contribution in [0.3, 0.4) is 0 Å². The van der Waals surface area contributed by atoms with Crippen molar-refractivity contribution in [2.75, 3.05) is 6.61 Å². The summed E-state index contributed by atoms with van der Waals surface area (Å²) < 4.78 is 6.17. The highest BCUT2D eigenvalue weighted by molar-refractivity contribution is 5.87. The van der Waals surface area contributed by atoms with Gasteiger partial charge >= 0.3 is 5.97 Å². The van der Waals surface area contributed by atoms with Crippen LogP contribution in [-0.2, 0) is 14.3 Å². The lowest BCUT2D eigenvalue weighted by molar-refractivity contribution is -0.184. The lowest BCUT2D eigenvalue weighted by Gasteiger charge is -2.63. The lowest BCUT2D eigenvalue weighted by Crippen LogP contribution is -2.59. The molecule has 5 fully saturated rings. The number of rotatable bonds is 0. The highest BCUT2D eigenvalue weighted by Crippen LogP contribution is 2.88. The van der Waals surface area contributed by atoms with Crippen molar-refractivity contribution in [2.24, 2.45) is 50.7 Å². The van der Waals surface area contributed by atoms with Gasteiger partial charge in [0, 0.05) is 22.8 Å². The molecular formula is C30H44O4. The number of aliphatic hydroxyl groups is 1. The summed E-state index contributed by atoms with van der Waals surface area (Å²) in [6.07, 6.45) is 12.0. The van der Waals surface area contributed by atoms with Crippen LogP contribution < -0.4 is 0 Å². The molecule has 2 bridgehead atoms. The maximum atomic E-state index is 13.0. The number of hydrogen-bond donors (Lipinski definition) is 1. The van der Waals surface area contributed by atoms with Crippen LogP contribution >= 0.6 is 0 Å². The Morgan fingerprint density at radius 1 is 0.941 bits per heavy atom. The SMILES string of the molecule is C/C1=C/C[C@@H](O)[C@@H](C)[C@H]2CC[C@@]3(COC1=O)[C@@H]1CCC4C(C)(C)C(=O)CC[C@@]45CC15CC[C@]23C. The zero-order valence-electron chi connectivity index (χ0n) is 21.9. The molecule has 0 saturated heterocycles. The fourth-order valence-electron chi connectivity index (χ4n) is 11.3. The number of ether oxygens (including phenoxy) is 1. The second-order valence-electron chi connectivity index (χ2n) is 14.2. The van der Waals surface area contributed by atoms with Gasteiger partial charge in [-0.25, -0.2) is 4.79 Å². The van der Waals surface area contributed by atoms with Gasteiger partial charge in [-0.3, -0.25) is 4.79 Å². The smallest absolute Gasteiger partial charge is 0.333 e. The fourth-order valence-corrected chi connectivity index (χ4v) is 11.3. The van der Waals surface area contributed by atoms with E-state index in [1.807, 2.05) is 13.0 Å². The van der Waals surface area contributed by atoms with E-state index in [0.29, 0.717) is 53.0 Å². The Hall–Kier alpha value is -1.16. The molecule has 5 aliphatic carbocycles. The minimum atomic E-state index is -0.414. The number of carbonyl (C=O) groups is 2. The summed E-state index contributed by atoms with van der Waals surface area (Å²) in [7, 11) is 0. The van der Waals surface area contributed by atoms with Gasteiger partial charge in [0.05, 0.1) is 12.7 Å². The van der Waals surface area contributed by atoms with Crippen LogP contribution in [0.25, 0.3) is 0 Å². The first-order chi connectivity index (χ1) is 16.0. The summed E-state index contributed by atoms with van der Waals surface area (Å²) in [5.74, 6) is 2.01. The van der Waals surface area contributed by atoms with Crippen molar-refractivity contribution in [2.45, 2.75) is 105 Å². The first-order valence-corrected chi connectivity index (χ1v) is 14.0. The molecule has 2 spiro atoms. The molecule has 6 rings (SSSR count). The lowest BCUT2D eigenvalue weighted by atomic mass is 9.41. The second kappa shape index (κ2) is 6.99. The van der Waals surface area contributed by atoms with Gasteiger partial charge in [0.2, 0.25) is 0 Å². The molecular weight excluding hydrogens is 424 g/mol. The zero-order valence-corrected chi connectivity index (χ0v) is 21.9. The standard InChI is InChI=1S/C30H44O4/c1-18-6-7-21(31)19(2)20-10-12-30(17-34-25(18)33)23-9-8-22-26(3,4)24(32)11-13-28(22)16-29(23,28)15-14-27(20,30)5/h6,19-23,31H,7-17H2,1-5H3/b18-6-/t19-,20+,21+,22?,23+,27+,28+,29?,30+/m0/s1. The molecule has 0 radical (unpaired) electrons. The average Bonchev–Trinajstić information content (AvgIpc) is 3.37. The van der Waals surface area contributed by atoms with Crippen LogP contribution in [0.4, 0.5) is 0 Å². The van der Waals surface area contributed by atoms with Gasteiger partial charge in [-0.05, 0) is 105 Å². The number of esters is 1. The second-order valence-corrected chi connectivity index (χ2v) is 14.2. The molecule has 2 unspecified atom stereocenters. The van der Waals surface area contributed by atoms with E-state index in [-0.39, 0.29) is 28.1 Å². The number of cyclic esters (lactones) is 1. The zero-order chi connectivity index (χ0) is 24.3. The molecule has 4 nitrogen and oxygen atoms in total. The molecule has 1 heterocycles. The molecule has 34 heavy (non-hydrogen) atoms. The van der Waals surface area contributed by atoms with E-state index in [2.05, 4.69) is 27.7 Å². The van der Waals surface area contributed by atoms with Crippen molar-refractivity contribution in [3.63, 3.8) is 0 Å². The summed E-state index contributed by atoms with van der Waals surface area (Å²) in [6, 6.07) is 0. The molecule has 1 N–H and O–H groups in total. The largest absolute Gasteiger partial charge is 0.462 e. The van der Waals surface area contributed by atoms with Gasteiger partial charge in [-0.2, -0.15) is 0 Å². The van der Waals surface area contributed by atoms with E-state index in [0.717, 1.165) is 44.9 Å². The van der Waals surface area contributed by atoms with E-state index >= 15 is 0 Å². The van der Waals surface area contributed by atoms with Crippen molar-refractivity contribution in [3.8, 4) is 0 Å². The number of aliphatic hydroxyl groups excluding tert-OH is 1. The molecule has 6 aliphatic rings. The van der Waals surface area contributed by atoms with Crippen LogP contribution in [-0.4, -0.2) is 29.6 Å². The highest BCUT2D eigenvalue weighted by atomic mass is 16.5. The number of ketones is 1. The van der Waals surface area contributed by atoms with E-state index < -0.39 is 6.10 Å². The Morgan fingerprint density at radius 3 is 2.41 bits per heavy atom. The van der Waals surface area contributed by atoms with E-state index in [1.54, 1.807) is 0 Å². The van der Waals surface area contributed by atoms with Crippen molar-refractivity contribution < 1.29 is 19.4 Å². The molecule has 1 aliphatic heterocycles. The topological polar surface area (TPSA) is 63.6 Å². The molecule has 0 aromatic heterocycles. The van der Waals surface area contributed by atoms with Crippen LogP contribution in [0.5, 0.6) is 0 Å². The molecule has 9 atom stereocenters. The third-order valence-electron chi connectivity index (χ3n) is 13.3. The van der Waals surface area contributed by atoms with Gasteiger partial charge in [0.15, 0.2) is 0 Å². The Balaban J connectivity index is 1.43. The minimum Gasteiger partial charge on any atom is -0.462 e. The third-order valence-corrected chi connectivity index (χ3v) is 13.3. The Kier molecular flexibility index (Phi) is 4.78.